The number of H-pyrrole nitrogens is 1. The lowest BCUT2D eigenvalue weighted by atomic mass is 10.1. The van der Waals surface area contributed by atoms with Gasteiger partial charge in [-0.1, -0.05) is 48.5 Å². The number of nitrogens with zero attached hydrogens (tertiary/aromatic N) is 1. The summed E-state index contributed by atoms with van der Waals surface area (Å²) in [6.45, 7) is 0.913. The first-order valence-electron chi connectivity index (χ1n) is 8.52. The molecule has 27 heavy (non-hydrogen) atoms. The summed E-state index contributed by atoms with van der Waals surface area (Å²) in [5, 5.41) is 4.92. The molecule has 0 saturated heterocycles. The quantitative estimate of drug-likeness (QED) is 0.509. The Morgan fingerprint density at radius 3 is 2.59 bits per heavy atom. The molecule has 0 unspecified atom stereocenters. The van der Waals surface area contributed by atoms with Crippen molar-refractivity contribution in [3.8, 4) is 11.3 Å². The zero-order chi connectivity index (χ0) is 17.9. The van der Waals surface area contributed by atoms with Crippen LogP contribution in [-0.4, -0.2) is 36.1 Å². The van der Waals surface area contributed by atoms with E-state index in [0.717, 1.165) is 33.1 Å². The lowest BCUT2D eigenvalue weighted by Gasteiger charge is -2.08. The van der Waals surface area contributed by atoms with Crippen LogP contribution in [0.2, 0.25) is 0 Å². The lowest BCUT2D eigenvalue weighted by Crippen LogP contribution is -2.27. The standard InChI is InChI=1S/C21H19N3O2.ClH/c1-26-12-11-22-21(25)18-13-16-15-9-5-6-10-17(15)23-20(16)19(24-18)14-7-3-2-4-8-14;/h2-10,13,23H,11-12H2,1H3,(H,22,25);1H. The number of hydrogen-bond donors (Lipinski definition) is 2. The van der Waals surface area contributed by atoms with Gasteiger partial charge < -0.3 is 15.0 Å². The van der Waals surface area contributed by atoms with E-state index in [1.54, 1.807) is 7.11 Å². The van der Waals surface area contributed by atoms with E-state index in [-0.39, 0.29) is 18.3 Å². The van der Waals surface area contributed by atoms with Gasteiger partial charge in [-0.2, -0.15) is 0 Å². The minimum absolute atomic E-state index is 0. The van der Waals surface area contributed by atoms with Crippen LogP contribution in [0.25, 0.3) is 33.1 Å². The van der Waals surface area contributed by atoms with Crippen molar-refractivity contribution in [2.24, 2.45) is 0 Å². The van der Waals surface area contributed by atoms with Gasteiger partial charge in [0.1, 0.15) is 5.69 Å². The van der Waals surface area contributed by atoms with Crippen LogP contribution < -0.4 is 5.32 Å². The van der Waals surface area contributed by atoms with Gasteiger partial charge in [-0.25, -0.2) is 4.98 Å². The number of ether oxygens (including phenoxy) is 1. The van der Waals surface area contributed by atoms with Crippen molar-refractivity contribution in [3.63, 3.8) is 0 Å². The van der Waals surface area contributed by atoms with Crippen LogP contribution in [0, 0.1) is 0 Å². The molecule has 2 aromatic heterocycles. The van der Waals surface area contributed by atoms with Crippen molar-refractivity contribution < 1.29 is 9.53 Å². The Bertz CT molecular complexity index is 1080. The molecule has 0 spiro atoms. The van der Waals surface area contributed by atoms with Crippen molar-refractivity contribution in [1.29, 1.82) is 0 Å². The SMILES string of the molecule is COCCNC(=O)c1cc2c([nH]c3ccccc32)c(-c2ccccc2)n1.Cl. The predicted octanol–water partition coefficient (Wildman–Crippen LogP) is 4.18. The van der Waals surface area contributed by atoms with Crippen LogP contribution in [0.15, 0.2) is 60.7 Å². The number of aromatic nitrogens is 2. The third kappa shape index (κ3) is 3.65. The largest absolute Gasteiger partial charge is 0.383 e. The highest BCUT2D eigenvalue weighted by Gasteiger charge is 2.16. The van der Waals surface area contributed by atoms with Gasteiger partial charge in [-0.3, -0.25) is 4.79 Å². The van der Waals surface area contributed by atoms with E-state index in [1.807, 2.05) is 54.6 Å². The molecule has 0 saturated carbocycles. The topological polar surface area (TPSA) is 67.0 Å². The Kier molecular flexibility index (Phi) is 5.74. The van der Waals surface area contributed by atoms with Crippen LogP contribution in [0.5, 0.6) is 0 Å². The van der Waals surface area contributed by atoms with Gasteiger partial charge in [-0.15, -0.1) is 12.4 Å². The molecular formula is C21H20ClN3O2. The van der Waals surface area contributed by atoms with Gasteiger partial charge in [0.2, 0.25) is 0 Å². The number of pyridine rings is 1. The number of amides is 1. The second-order valence-corrected chi connectivity index (χ2v) is 6.06. The molecule has 0 aliphatic rings. The minimum atomic E-state index is -0.202. The minimum Gasteiger partial charge on any atom is -0.383 e. The second-order valence-electron chi connectivity index (χ2n) is 6.06. The number of benzene rings is 2. The van der Waals surface area contributed by atoms with Gasteiger partial charge in [0.05, 0.1) is 17.8 Å². The maximum Gasteiger partial charge on any atom is 0.270 e. The van der Waals surface area contributed by atoms with Gasteiger partial charge in [0.15, 0.2) is 0 Å². The number of methoxy groups -OCH3 is 1. The maximum absolute atomic E-state index is 12.6. The Morgan fingerprint density at radius 1 is 1.07 bits per heavy atom. The molecule has 0 aliphatic carbocycles. The summed E-state index contributed by atoms with van der Waals surface area (Å²) in [5.41, 5.74) is 4.10. The number of carbonyl (C=O) groups excluding carboxylic acids is 1. The highest BCUT2D eigenvalue weighted by Crippen LogP contribution is 2.32. The average molecular weight is 382 g/mol. The zero-order valence-corrected chi connectivity index (χ0v) is 15.7. The smallest absolute Gasteiger partial charge is 0.270 e. The fourth-order valence-corrected chi connectivity index (χ4v) is 3.12. The number of rotatable bonds is 5. The second kappa shape index (κ2) is 8.20. The normalized spacial score (nSPS) is 10.7. The summed E-state index contributed by atoms with van der Waals surface area (Å²) in [6, 6.07) is 19.8. The van der Waals surface area contributed by atoms with Crippen molar-refractivity contribution >= 4 is 40.1 Å². The van der Waals surface area contributed by atoms with Crippen LogP contribution in [0.4, 0.5) is 0 Å². The number of fused-ring (bicyclic) bond motifs is 3. The lowest BCUT2D eigenvalue weighted by molar-refractivity contribution is 0.0932. The van der Waals surface area contributed by atoms with Gasteiger partial charge >= 0.3 is 0 Å². The molecule has 2 heterocycles. The number of carbonyl (C=O) groups is 1. The van der Waals surface area contributed by atoms with E-state index >= 15 is 0 Å². The molecule has 1 amide bonds. The van der Waals surface area contributed by atoms with Crippen molar-refractivity contribution in [2.75, 3.05) is 20.3 Å². The molecular weight excluding hydrogens is 362 g/mol. The fourth-order valence-electron chi connectivity index (χ4n) is 3.12. The average Bonchev–Trinajstić information content (AvgIpc) is 3.06. The summed E-state index contributed by atoms with van der Waals surface area (Å²) in [7, 11) is 1.61. The van der Waals surface area contributed by atoms with Crippen LogP contribution >= 0.6 is 12.4 Å². The first-order chi connectivity index (χ1) is 12.8. The molecule has 0 radical (unpaired) electrons. The number of halogens is 1. The van der Waals surface area contributed by atoms with E-state index in [9.17, 15) is 4.79 Å². The van der Waals surface area contributed by atoms with E-state index in [2.05, 4.69) is 21.4 Å². The molecule has 0 aliphatic heterocycles. The summed E-state index contributed by atoms with van der Waals surface area (Å²) in [4.78, 5) is 20.7. The molecule has 0 bridgehead atoms. The maximum atomic E-state index is 12.6. The zero-order valence-electron chi connectivity index (χ0n) is 14.9. The van der Waals surface area contributed by atoms with Crippen molar-refractivity contribution in [2.45, 2.75) is 0 Å². The third-order valence-corrected chi connectivity index (χ3v) is 4.37. The van der Waals surface area contributed by atoms with Gasteiger partial charge in [0.25, 0.3) is 5.91 Å². The van der Waals surface area contributed by atoms with Crippen molar-refractivity contribution in [3.05, 3.63) is 66.4 Å². The first-order valence-corrected chi connectivity index (χ1v) is 8.52. The van der Waals surface area contributed by atoms with E-state index in [1.165, 1.54) is 0 Å². The molecule has 5 nitrogen and oxygen atoms in total. The first kappa shape index (κ1) is 18.9. The highest BCUT2D eigenvalue weighted by atomic mass is 35.5. The summed E-state index contributed by atoms with van der Waals surface area (Å²) >= 11 is 0. The predicted molar refractivity (Wildman–Crippen MR) is 110 cm³/mol. The molecule has 2 N–H and O–H groups in total. The van der Waals surface area contributed by atoms with Crippen molar-refractivity contribution in [1.82, 2.24) is 15.3 Å². The van der Waals surface area contributed by atoms with Crippen LogP contribution in [-0.2, 0) is 4.74 Å². The molecule has 0 fully saturated rings. The van der Waals surface area contributed by atoms with Crippen LogP contribution in [0.1, 0.15) is 10.5 Å². The Labute approximate surface area is 163 Å². The number of hydrogen-bond acceptors (Lipinski definition) is 3. The summed E-state index contributed by atoms with van der Waals surface area (Å²) in [6.07, 6.45) is 0. The number of aromatic amines is 1. The summed E-state index contributed by atoms with van der Waals surface area (Å²) < 4.78 is 5.00. The number of para-hydroxylation sites is 1. The van der Waals surface area contributed by atoms with E-state index in [4.69, 9.17) is 4.74 Å². The van der Waals surface area contributed by atoms with Gasteiger partial charge in [-0.05, 0) is 12.1 Å². The molecule has 4 rings (SSSR count). The monoisotopic (exact) mass is 381 g/mol. The molecule has 6 heteroatoms. The van der Waals surface area contributed by atoms with Gasteiger partial charge in [0, 0.05) is 35.5 Å². The summed E-state index contributed by atoms with van der Waals surface area (Å²) in [5.74, 6) is -0.202. The van der Waals surface area contributed by atoms with E-state index in [0.29, 0.717) is 18.8 Å². The third-order valence-electron chi connectivity index (χ3n) is 4.37. The molecule has 4 aromatic rings. The fraction of sp³-hybridized carbons (Fsp3) is 0.143. The molecule has 138 valence electrons. The molecule has 2 aromatic carbocycles. The molecule has 0 atom stereocenters. The van der Waals surface area contributed by atoms with Crippen LogP contribution in [0.3, 0.4) is 0 Å². The number of nitrogens with one attached hydrogen (secondary N) is 2. The Morgan fingerprint density at radius 2 is 1.81 bits per heavy atom. The highest BCUT2D eigenvalue weighted by molar-refractivity contribution is 6.13. The Hall–Kier alpha value is -2.89. The van der Waals surface area contributed by atoms with E-state index < -0.39 is 0 Å². The Balaban J connectivity index is 0.00000210.